The number of pyridine rings is 1. The maximum Gasteiger partial charge on any atom is 0.0340 e. The summed E-state index contributed by atoms with van der Waals surface area (Å²) in [5.74, 6) is 0.905. The maximum absolute atomic E-state index is 4.33. The van der Waals surface area contributed by atoms with E-state index in [-0.39, 0.29) is 0 Å². The molecular weight excluding hydrogens is 232 g/mol. The highest BCUT2D eigenvalue weighted by atomic mass is 14.9. The minimum absolute atomic E-state index is 0.497. The zero-order chi connectivity index (χ0) is 13.5. The molecule has 2 heteroatoms. The summed E-state index contributed by atoms with van der Waals surface area (Å²) in [4.78, 5) is 4.33. The summed E-state index contributed by atoms with van der Waals surface area (Å²) in [6.07, 6.45) is 13.6. The first-order valence-electron chi connectivity index (χ1n) is 7.95. The van der Waals surface area contributed by atoms with Crippen LogP contribution in [0.1, 0.15) is 69.0 Å². The molecule has 0 bridgehead atoms. The largest absolute Gasteiger partial charge is 0.310 e. The van der Waals surface area contributed by atoms with Crippen molar-refractivity contribution in [1.29, 1.82) is 0 Å². The second-order valence-corrected chi connectivity index (χ2v) is 5.98. The van der Waals surface area contributed by atoms with Crippen molar-refractivity contribution in [2.24, 2.45) is 5.92 Å². The van der Waals surface area contributed by atoms with Crippen LogP contribution in [0.15, 0.2) is 18.5 Å². The molecule has 1 aliphatic carbocycles. The van der Waals surface area contributed by atoms with Crippen molar-refractivity contribution in [2.75, 3.05) is 6.54 Å². The fourth-order valence-corrected chi connectivity index (χ4v) is 3.24. The Morgan fingerprint density at radius 1 is 1.32 bits per heavy atom. The fourth-order valence-electron chi connectivity index (χ4n) is 3.24. The van der Waals surface area contributed by atoms with Crippen molar-refractivity contribution >= 4 is 0 Å². The molecule has 1 fully saturated rings. The molecule has 0 saturated heterocycles. The van der Waals surface area contributed by atoms with E-state index in [1.54, 1.807) is 0 Å². The van der Waals surface area contributed by atoms with Gasteiger partial charge in [0.25, 0.3) is 0 Å². The Labute approximate surface area is 118 Å². The van der Waals surface area contributed by atoms with E-state index in [2.05, 4.69) is 36.4 Å². The predicted octanol–water partition coefficient (Wildman–Crippen LogP) is 4.40. The second-order valence-electron chi connectivity index (χ2n) is 5.98. The zero-order valence-corrected chi connectivity index (χ0v) is 12.5. The zero-order valence-electron chi connectivity index (χ0n) is 12.5. The highest BCUT2D eigenvalue weighted by Crippen LogP contribution is 2.32. The molecule has 2 nitrogen and oxygen atoms in total. The third kappa shape index (κ3) is 4.31. The van der Waals surface area contributed by atoms with Crippen LogP contribution >= 0.6 is 0 Å². The van der Waals surface area contributed by atoms with E-state index in [1.807, 2.05) is 6.20 Å². The average molecular weight is 260 g/mol. The van der Waals surface area contributed by atoms with Gasteiger partial charge in [-0.2, -0.15) is 0 Å². The smallest absolute Gasteiger partial charge is 0.0340 e. The number of nitrogens with zero attached hydrogens (tertiary/aromatic N) is 1. The lowest BCUT2D eigenvalue weighted by atomic mass is 9.83. The summed E-state index contributed by atoms with van der Waals surface area (Å²) in [7, 11) is 0. The number of rotatable bonds is 6. The molecular formula is C17H28N2. The molecule has 1 aromatic heterocycles. The van der Waals surface area contributed by atoms with Crippen molar-refractivity contribution < 1.29 is 0 Å². The van der Waals surface area contributed by atoms with Gasteiger partial charge in [0.15, 0.2) is 0 Å². The van der Waals surface area contributed by atoms with Gasteiger partial charge in [0.05, 0.1) is 0 Å². The minimum Gasteiger partial charge on any atom is -0.310 e. The first-order chi connectivity index (χ1) is 9.31. The lowest BCUT2D eigenvalue weighted by molar-refractivity contribution is 0.299. The van der Waals surface area contributed by atoms with Crippen LogP contribution in [0.3, 0.4) is 0 Å². The first-order valence-corrected chi connectivity index (χ1v) is 7.95. The molecule has 19 heavy (non-hydrogen) atoms. The molecule has 106 valence electrons. The number of nitrogens with one attached hydrogen (secondary N) is 1. The molecule has 2 rings (SSSR count). The van der Waals surface area contributed by atoms with Crippen molar-refractivity contribution in [2.45, 2.75) is 64.8 Å². The van der Waals surface area contributed by atoms with Crippen LogP contribution in [-0.4, -0.2) is 11.5 Å². The van der Waals surface area contributed by atoms with Crippen molar-refractivity contribution in [3.8, 4) is 0 Å². The predicted molar refractivity (Wildman–Crippen MR) is 81.2 cm³/mol. The topological polar surface area (TPSA) is 24.9 Å². The summed E-state index contributed by atoms with van der Waals surface area (Å²) in [5, 5.41) is 3.73. The highest BCUT2D eigenvalue weighted by molar-refractivity contribution is 5.25. The maximum atomic E-state index is 4.33. The Kier molecular flexibility index (Phi) is 5.84. The Hall–Kier alpha value is -0.890. The van der Waals surface area contributed by atoms with Crippen molar-refractivity contribution in [1.82, 2.24) is 10.3 Å². The van der Waals surface area contributed by atoms with E-state index >= 15 is 0 Å². The quantitative estimate of drug-likeness (QED) is 0.820. The minimum atomic E-state index is 0.497. The van der Waals surface area contributed by atoms with Gasteiger partial charge in [-0.1, -0.05) is 39.0 Å². The van der Waals surface area contributed by atoms with Gasteiger partial charge >= 0.3 is 0 Å². The molecule has 1 aliphatic rings. The number of hydrogen-bond acceptors (Lipinski definition) is 2. The Morgan fingerprint density at radius 3 is 2.79 bits per heavy atom. The molecule has 0 spiro atoms. The standard InChI is InChI=1S/C17H28N2/c1-3-10-19-17(12-15-7-5-4-6-8-15)16-13-18-11-9-14(16)2/h9,11,13,15,17,19H,3-8,10,12H2,1-2H3. The van der Waals surface area contributed by atoms with Crippen LogP contribution in [-0.2, 0) is 0 Å². The summed E-state index contributed by atoms with van der Waals surface area (Å²) in [6.45, 7) is 5.55. The Bertz CT molecular complexity index is 369. The van der Waals surface area contributed by atoms with E-state index < -0.39 is 0 Å². The van der Waals surface area contributed by atoms with Crippen molar-refractivity contribution in [3.05, 3.63) is 29.6 Å². The normalized spacial score (nSPS) is 18.4. The summed E-state index contributed by atoms with van der Waals surface area (Å²) < 4.78 is 0. The molecule has 1 N–H and O–H groups in total. The molecule has 0 amide bonds. The van der Waals surface area contributed by atoms with E-state index in [0.717, 1.165) is 12.5 Å². The van der Waals surface area contributed by atoms with Gasteiger partial charge in [0.1, 0.15) is 0 Å². The Morgan fingerprint density at radius 2 is 2.11 bits per heavy atom. The fraction of sp³-hybridized carbons (Fsp3) is 0.706. The summed E-state index contributed by atoms with van der Waals surface area (Å²) in [5.41, 5.74) is 2.78. The number of aryl methyl sites for hydroxylation is 1. The van der Waals surface area contributed by atoms with Crippen LogP contribution in [0.2, 0.25) is 0 Å². The monoisotopic (exact) mass is 260 g/mol. The molecule has 1 atom stereocenters. The van der Waals surface area contributed by atoms with Crippen LogP contribution in [0.5, 0.6) is 0 Å². The van der Waals surface area contributed by atoms with Gasteiger partial charge in [-0.05, 0) is 49.4 Å². The average Bonchev–Trinajstić information content (AvgIpc) is 2.45. The van der Waals surface area contributed by atoms with Gasteiger partial charge in [0.2, 0.25) is 0 Å². The first kappa shape index (κ1) is 14.5. The second kappa shape index (κ2) is 7.64. The molecule has 0 aromatic carbocycles. The van der Waals surface area contributed by atoms with Gasteiger partial charge in [0, 0.05) is 18.4 Å². The van der Waals surface area contributed by atoms with Crippen LogP contribution in [0.4, 0.5) is 0 Å². The third-order valence-corrected chi connectivity index (χ3v) is 4.39. The summed E-state index contributed by atoms with van der Waals surface area (Å²) in [6, 6.07) is 2.63. The van der Waals surface area contributed by atoms with Gasteiger partial charge in [-0.3, -0.25) is 4.98 Å². The van der Waals surface area contributed by atoms with E-state index in [4.69, 9.17) is 0 Å². The number of hydrogen-bond donors (Lipinski definition) is 1. The van der Waals surface area contributed by atoms with Crippen LogP contribution < -0.4 is 5.32 Å². The van der Waals surface area contributed by atoms with Crippen LogP contribution in [0.25, 0.3) is 0 Å². The van der Waals surface area contributed by atoms with Crippen molar-refractivity contribution in [3.63, 3.8) is 0 Å². The van der Waals surface area contributed by atoms with Gasteiger partial charge in [-0.25, -0.2) is 0 Å². The molecule has 0 radical (unpaired) electrons. The van der Waals surface area contributed by atoms with E-state index in [1.165, 1.54) is 56.1 Å². The lowest BCUT2D eigenvalue weighted by Crippen LogP contribution is -2.26. The van der Waals surface area contributed by atoms with Gasteiger partial charge in [-0.15, -0.1) is 0 Å². The highest BCUT2D eigenvalue weighted by Gasteiger charge is 2.20. The lowest BCUT2D eigenvalue weighted by Gasteiger charge is -2.28. The molecule has 1 unspecified atom stereocenters. The van der Waals surface area contributed by atoms with Gasteiger partial charge < -0.3 is 5.32 Å². The molecule has 1 heterocycles. The van der Waals surface area contributed by atoms with E-state index in [9.17, 15) is 0 Å². The summed E-state index contributed by atoms with van der Waals surface area (Å²) >= 11 is 0. The third-order valence-electron chi connectivity index (χ3n) is 4.39. The number of aromatic nitrogens is 1. The van der Waals surface area contributed by atoms with Crippen LogP contribution in [0, 0.1) is 12.8 Å². The molecule has 0 aliphatic heterocycles. The van der Waals surface area contributed by atoms with E-state index in [0.29, 0.717) is 6.04 Å². The molecule has 1 saturated carbocycles. The molecule has 1 aromatic rings. The Balaban J connectivity index is 2.04. The SMILES string of the molecule is CCCNC(CC1CCCCC1)c1cnccc1C.